The molecule has 0 radical (unpaired) electrons. The lowest BCUT2D eigenvalue weighted by Gasteiger charge is -2.43. The van der Waals surface area contributed by atoms with E-state index in [1.807, 2.05) is 6.07 Å². The zero-order valence-electron chi connectivity index (χ0n) is 31.6. The van der Waals surface area contributed by atoms with Crippen LogP contribution < -0.4 is 4.74 Å². The molecule has 272 valence electrons. The average Bonchev–Trinajstić information content (AvgIpc) is 3.59. The number of nitrogens with zero attached hydrogens (tertiary/aromatic N) is 2. The fourth-order valence-corrected chi connectivity index (χ4v) is 10.1. The summed E-state index contributed by atoms with van der Waals surface area (Å²) in [6.07, 6.45) is 9.21. The van der Waals surface area contributed by atoms with Crippen LogP contribution in [0.15, 0.2) is 206 Å². The molecule has 3 heteroatoms. The van der Waals surface area contributed by atoms with E-state index in [0.717, 1.165) is 50.7 Å². The summed E-state index contributed by atoms with van der Waals surface area (Å²) >= 11 is 0. The summed E-state index contributed by atoms with van der Waals surface area (Å²) < 4.78 is 7.03. The van der Waals surface area contributed by atoms with E-state index in [1.54, 1.807) is 0 Å². The zero-order chi connectivity index (χ0) is 38.2. The molecule has 58 heavy (non-hydrogen) atoms. The third-order valence-electron chi connectivity index (χ3n) is 12.6. The molecule has 2 heterocycles. The second-order valence-electron chi connectivity index (χ2n) is 15.6. The standard InChI is InChI=1S/C55H36N2O/c1-2-15-36(16-3-1)50-34-51(39-30-31-42-38(32-39)29-28-35-14-4-5-19-41(35)42)57-54(56-50)40-18-12-17-37(33-40)43-22-13-26-49-53(43)58-52-27-11-10-25-48(52)55(49)46-23-8-6-20-44(46)45-21-7-9-24-47(45)55/h1-34,44,46H. The van der Waals surface area contributed by atoms with E-state index in [1.165, 1.54) is 43.8 Å². The van der Waals surface area contributed by atoms with E-state index in [4.69, 9.17) is 14.7 Å². The van der Waals surface area contributed by atoms with Crippen LogP contribution in [0.25, 0.3) is 66.6 Å². The van der Waals surface area contributed by atoms with Crippen LogP contribution in [0.2, 0.25) is 0 Å². The topological polar surface area (TPSA) is 35.0 Å². The van der Waals surface area contributed by atoms with E-state index in [2.05, 4.69) is 200 Å². The second kappa shape index (κ2) is 12.8. The molecule has 3 unspecified atom stereocenters. The average molecular weight is 741 g/mol. The molecule has 0 N–H and O–H groups in total. The Morgan fingerprint density at radius 3 is 2.07 bits per heavy atom. The number of hydrogen-bond donors (Lipinski definition) is 0. The number of para-hydroxylation sites is 2. The maximum Gasteiger partial charge on any atom is 0.160 e. The first-order chi connectivity index (χ1) is 28.7. The van der Waals surface area contributed by atoms with E-state index in [9.17, 15) is 0 Å². The van der Waals surface area contributed by atoms with Gasteiger partial charge in [-0.2, -0.15) is 0 Å². The Labute approximate surface area is 337 Å². The van der Waals surface area contributed by atoms with Crippen molar-refractivity contribution in [2.45, 2.75) is 11.3 Å². The Bertz CT molecular complexity index is 3180. The van der Waals surface area contributed by atoms with Gasteiger partial charge in [0.2, 0.25) is 0 Å². The smallest absolute Gasteiger partial charge is 0.160 e. The highest BCUT2D eigenvalue weighted by molar-refractivity contribution is 6.08. The van der Waals surface area contributed by atoms with Gasteiger partial charge in [-0.25, -0.2) is 9.97 Å². The van der Waals surface area contributed by atoms with Gasteiger partial charge in [0.1, 0.15) is 11.5 Å². The van der Waals surface area contributed by atoms with E-state index < -0.39 is 5.41 Å². The summed E-state index contributed by atoms with van der Waals surface area (Å²) in [5, 5.41) is 4.91. The Kier molecular flexibility index (Phi) is 7.27. The maximum atomic E-state index is 7.03. The molecule has 2 aliphatic carbocycles. The third kappa shape index (κ3) is 4.86. The number of rotatable bonds is 4. The lowest BCUT2D eigenvalue weighted by molar-refractivity contribution is 0.375. The SMILES string of the molecule is C1=CC2c3ccccc3C3(c4ccccc4Oc4c(-c5cccc(-c6nc(-c7ccccc7)cc(-c7ccc8c(ccc9ccccc98)c7)n6)c5)cccc43)C2C=C1. The number of benzene rings is 8. The first kappa shape index (κ1) is 32.8. The van der Waals surface area contributed by atoms with E-state index >= 15 is 0 Å². The minimum atomic E-state index is -0.408. The minimum Gasteiger partial charge on any atom is -0.456 e. The van der Waals surface area contributed by atoms with Crippen LogP contribution in [0.4, 0.5) is 0 Å². The fourth-order valence-electron chi connectivity index (χ4n) is 10.1. The largest absolute Gasteiger partial charge is 0.456 e. The molecule has 0 bridgehead atoms. The van der Waals surface area contributed by atoms with E-state index in [-0.39, 0.29) is 11.8 Å². The monoisotopic (exact) mass is 740 g/mol. The van der Waals surface area contributed by atoms with Gasteiger partial charge in [0.05, 0.1) is 16.8 Å². The molecule has 0 saturated carbocycles. The molecule has 0 amide bonds. The van der Waals surface area contributed by atoms with Crippen molar-refractivity contribution in [3.05, 3.63) is 229 Å². The normalized spacial score (nSPS) is 18.4. The molecule has 0 saturated heterocycles. The fraction of sp³-hybridized carbons (Fsp3) is 0.0545. The molecular formula is C55H36N2O. The summed E-state index contributed by atoms with van der Waals surface area (Å²) in [5.41, 5.74) is 11.6. The molecule has 0 fully saturated rings. The van der Waals surface area contributed by atoms with Crippen LogP contribution in [0.3, 0.4) is 0 Å². The van der Waals surface area contributed by atoms with Crippen LogP contribution in [0.1, 0.15) is 28.2 Å². The zero-order valence-corrected chi connectivity index (χ0v) is 31.6. The predicted octanol–water partition coefficient (Wildman–Crippen LogP) is 13.7. The first-order valence-corrected chi connectivity index (χ1v) is 20.1. The molecule has 1 aliphatic heterocycles. The highest BCUT2D eigenvalue weighted by Crippen LogP contribution is 2.65. The highest BCUT2D eigenvalue weighted by Gasteiger charge is 2.56. The summed E-state index contributed by atoms with van der Waals surface area (Å²) in [4.78, 5) is 10.5. The predicted molar refractivity (Wildman–Crippen MR) is 236 cm³/mol. The summed E-state index contributed by atoms with van der Waals surface area (Å²) in [6, 6.07) is 65.1. The van der Waals surface area contributed by atoms with Crippen molar-refractivity contribution in [2.24, 2.45) is 5.92 Å². The second-order valence-corrected chi connectivity index (χ2v) is 15.6. The van der Waals surface area contributed by atoms with Crippen molar-refractivity contribution in [1.29, 1.82) is 0 Å². The number of ether oxygens (including phenoxy) is 1. The molecule has 1 aromatic heterocycles. The minimum absolute atomic E-state index is 0.210. The summed E-state index contributed by atoms with van der Waals surface area (Å²) in [6.45, 7) is 0. The molecule has 3 nitrogen and oxygen atoms in total. The van der Waals surface area contributed by atoms with Gasteiger partial charge in [0.25, 0.3) is 0 Å². The summed E-state index contributed by atoms with van der Waals surface area (Å²) in [5.74, 6) is 2.97. The Morgan fingerprint density at radius 1 is 0.448 bits per heavy atom. The molecular weight excluding hydrogens is 705 g/mol. The first-order valence-electron chi connectivity index (χ1n) is 20.1. The molecule has 12 rings (SSSR count). The Balaban J connectivity index is 1.02. The Morgan fingerprint density at radius 2 is 1.14 bits per heavy atom. The van der Waals surface area contributed by atoms with Crippen molar-refractivity contribution >= 4 is 21.5 Å². The van der Waals surface area contributed by atoms with Crippen LogP contribution in [0.5, 0.6) is 11.5 Å². The lowest BCUT2D eigenvalue weighted by Crippen LogP contribution is -2.37. The number of aromatic nitrogens is 2. The number of hydrogen-bond acceptors (Lipinski definition) is 3. The van der Waals surface area contributed by atoms with Crippen LogP contribution >= 0.6 is 0 Å². The molecule has 3 aliphatic rings. The van der Waals surface area contributed by atoms with E-state index in [0.29, 0.717) is 5.82 Å². The van der Waals surface area contributed by atoms with Gasteiger partial charge in [0, 0.05) is 45.2 Å². The van der Waals surface area contributed by atoms with Crippen molar-refractivity contribution in [3.8, 4) is 56.5 Å². The van der Waals surface area contributed by atoms with Gasteiger partial charge in [-0.05, 0) is 62.5 Å². The van der Waals surface area contributed by atoms with Gasteiger partial charge >= 0.3 is 0 Å². The quantitative estimate of drug-likeness (QED) is 0.169. The Hall–Kier alpha value is -7.36. The van der Waals surface area contributed by atoms with Gasteiger partial charge in [0.15, 0.2) is 5.82 Å². The van der Waals surface area contributed by atoms with Crippen LogP contribution in [0, 0.1) is 5.92 Å². The van der Waals surface area contributed by atoms with Crippen molar-refractivity contribution in [3.63, 3.8) is 0 Å². The van der Waals surface area contributed by atoms with Crippen molar-refractivity contribution < 1.29 is 4.74 Å². The van der Waals surface area contributed by atoms with Gasteiger partial charge < -0.3 is 4.74 Å². The van der Waals surface area contributed by atoms with Gasteiger partial charge in [-0.3, -0.25) is 0 Å². The number of allylic oxidation sites excluding steroid dienone is 4. The molecule has 3 atom stereocenters. The van der Waals surface area contributed by atoms with Crippen molar-refractivity contribution in [1.82, 2.24) is 9.97 Å². The lowest BCUT2D eigenvalue weighted by atomic mass is 9.61. The maximum absolute atomic E-state index is 7.03. The van der Waals surface area contributed by atoms with Gasteiger partial charge in [-0.1, -0.05) is 182 Å². The molecule has 9 aromatic rings. The highest BCUT2D eigenvalue weighted by atomic mass is 16.5. The van der Waals surface area contributed by atoms with Crippen molar-refractivity contribution in [2.75, 3.05) is 0 Å². The molecule has 1 spiro atoms. The van der Waals surface area contributed by atoms with Crippen LogP contribution in [-0.4, -0.2) is 9.97 Å². The third-order valence-corrected chi connectivity index (χ3v) is 12.6. The summed E-state index contributed by atoms with van der Waals surface area (Å²) in [7, 11) is 0. The molecule has 8 aromatic carbocycles. The number of fused-ring (bicyclic) bond motifs is 12. The van der Waals surface area contributed by atoms with Crippen LogP contribution in [-0.2, 0) is 5.41 Å². The van der Waals surface area contributed by atoms with Gasteiger partial charge in [-0.15, -0.1) is 0 Å².